The van der Waals surface area contributed by atoms with Crippen LogP contribution in [0.5, 0.6) is 5.75 Å². The Bertz CT molecular complexity index is 726. The fourth-order valence-electron chi connectivity index (χ4n) is 4.59. The highest BCUT2D eigenvalue weighted by Gasteiger charge is 2.36. The second-order valence-electron chi connectivity index (χ2n) is 10.8. The van der Waals surface area contributed by atoms with E-state index in [-0.39, 0.29) is 16.8 Å². The van der Waals surface area contributed by atoms with E-state index < -0.39 is 0 Å². The first kappa shape index (κ1) is 21.0. The first-order chi connectivity index (χ1) is 12.9. The van der Waals surface area contributed by atoms with Crippen LogP contribution in [0.25, 0.3) is 0 Å². The molecule has 1 saturated carbocycles. The zero-order valence-corrected chi connectivity index (χ0v) is 18.3. The molecule has 154 valence electrons. The van der Waals surface area contributed by atoms with Crippen molar-refractivity contribution in [2.45, 2.75) is 78.1 Å². The van der Waals surface area contributed by atoms with Gasteiger partial charge in [0.05, 0.1) is 6.61 Å². The van der Waals surface area contributed by atoms with Gasteiger partial charge < -0.3 is 9.84 Å². The van der Waals surface area contributed by atoms with E-state index in [1.165, 1.54) is 6.42 Å². The molecule has 0 aliphatic heterocycles. The number of aryl methyl sites for hydroxylation is 1. The molecule has 0 spiro atoms. The predicted octanol–water partition coefficient (Wildman–Crippen LogP) is 5.68. The third-order valence-electron chi connectivity index (χ3n) is 6.28. The van der Waals surface area contributed by atoms with Crippen molar-refractivity contribution in [1.29, 1.82) is 0 Å². The minimum atomic E-state index is -0.157. The molecular weight excluding hydrogens is 348 g/mol. The number of phenols is 1. The number of ether oxygens (including phenoxy) is 1. The normalized spacial score (nSPS) is 24.0. The maximum Gasteiger partial charge on any atom is 0.306 e. The number of carbonyl (C=O) groups excluding carboxylic acids is 1. The van der Waals surface area contributed by atoms with Crippen molar-refractivity contribution >= 4 is 5.97 Å². The molecule has 0 aromatic heterocycles. The van der Waals surface area contributed by atoms with Crippen LogP contribution in [0.4, 0.5) is 0 Å². The summed E-state index contributed by atoms with van der Waals surface area (Å²) in [7, 11) is 0. The number of esters is 1. The van der Waals surface area contributed by atoms with Gasteiger partial charge in [-0.15, -0.1) is 0 Å². The minimum Gasteiger partial charge on any atom is -0.507 e. The van der Waals surface area contributed by atoms with Crippen molar-refractivity contribution in [3.8, 4) is 5.75 Å². The summed E-state index contributed by atoms with van der Waals surface area (Å²) in [6.07, 6.45) is 8.03. The standard InChI is InChI=1S/C25H36O3/c1-24(2,3)20-13-17(14-21(23(20)27)25(4,5)6)8-10-22(26)28-15-19-12-16-7-9-18(19)11-16/h7,9,13-14,16,18-19,27H,8,10-12,15H2,1-6H3/t16-,18+,19?/m1/s1. The van der Waals surface area contributed by atoms with Crippen LogP contribution in [0.1, 0.15) is 77.5 Å². The molecule has 2 aliphatic carbocycles. The number of fused-ring (bicyclic) bond motifs is 2. The van der Waals surface area contributed by atoms with Crippen molar-refractivity contribution in [3.05, 3.63) is 41.0 Å². The molecule has 28 heavy (non-hydrogen) atoms. The van der Waals surface area contributed by atoms with Crippen LogP contribution >= 0.6 is 0 Å². The predicted molar refractivity (Wildman–Crippen MR) is 114 cm³/mol. The maximum absolute atomic E-state index is 12.3. The number of aromatic hydroxyl groups is 1. The Hall–Kier alpha value is -1.77. The largest absolute Gasteiger partial charge is 0.507 e. The molecule has 3 rings (SSSR count). The van der Waals surface area contributed by atoms with Gasteiger partial charge >= 0.3 is 5.97 Å². The fourth-order valence-corrected chi connectivity index (χ4v) is 4.59. The van der Waals surface area contributed by atoms with Gasteiger partial charge in [0.15, 0.2) is 0 Å². The summed E-state index contributed by atoms with van der Waals surface area (Å²) < 4.78 is 5.60. The van der Waals surface area contributed by atoms with E-state index in [9.17, 15) is 9.90 Å². The van der Waals surface area contributed by atoms with Crippen molar-refractivity contribution < 1.29 is 14.6 Å². The molecule has 3 heteroatoms. The molecule has 1 N–H and O–H groups in total. The van der Waals surface area contributed by atoms with Crippen LogP contribution < -0.4 is 0 Å². The van der Waals surface area contributed by atoms with Crippen molar-refractivity contribution in [3.63, 3.8) is 0 Å². The van der Waals surface area contributed by atoms with Crippen LogP contribution in [-0.2, 0) is 26.8 Å². The number of benzene rings is 1. The zero-order valence-electron chi connectivity index (χ0n) is 18.3. The highest BCUT2D eigenvalue weighted by molar-refractivity contribution is 5.69. The maximum atomic E-state index is 12.3. The van der Waals surface area contributed by atoms with Gasteiger partial charge in [-0.3, -0.25) is 4.79 Å². The van der Waals surface area contributed by atoms with E-state index in [2.05, 4.69) is 65.8 Å². The van der Waals surface area contributed by atoms with Gasteiger partial charge in [-0.05, 0) is 64.5 Å². The molecule has 0 saturated heterocycles. The summed E-state index contributed by atoms with van der Waals surface area (Å²) in [5, 5.41) is 10.8. The molecule has 1 aromatic rings. The van der Waals surface area contributed by atoms with Crippen LogP contribution in [0.2, 0.25) is 0 Å². The summed E-state index contributed by atoms with van der Waals surface area (Å²) in [5.41, 5.74) is 2.66. The van der Waals surface area contributed by atoms with Gasteiger partial charge in [0.1, 0.15) is 5.75 Å². The molecule has 1 aromatic carbocycles. The van der Waals surface area contributed by atoms with Gasteiger partial charge in [0.2, 0.25) is 0 Å². The van der Waals surface area contributed by atoms with E-state index in [0.717, 1.165) is 23.1 Å². The molecule has 2 bridgehead atoms. The molecular formula is C25H36O3. The van der Waals surface area contributed by atoms with Crippen LogP contribution in [0, 0.1) is 17.8 Å². The summed E-state index contributed by atoms with van der Waals surface area (Å²) in [6.45, 7) is 13.2. The topological polar surface area (TPSA) is 46.5 Å². The van der Waals surface area contributed by atoms with E-state index in [1.807, 2.05) is 0 Å². The van der Waals surface area contributed by atoms with Crippen molar-refractivity contribution in [1.82, 2.24) is 0 Å². The molecule has 0 amide bonds. The third-order valence-corrected chi connectivity index (χ3v) is 6.28. The van der Waals surface area contributed by atoms with Gasteiger partial charge in [-0.2, -0.15) is 0 Å². The highest BCUT2D eigenvalue weighted by Crippen LogP contribution is 2.43. The second-order valence-corrected chi connectivity index (χ2v) is 10.8. The minimum absolute atomic E-state index is 0.116. The Morgan fingerprint density at radius 3 is 2.11 bits per heavy atom. The number of hydrogen-bond acceptors (Lipinski definition) is 3. The lowest BCUT2D eigenvalue weighted by Crippen LogP contribution is -2.19. The lowest BCUT2D eigenvalue weighted by atomic mass is 9.78. The van der Waals surface area contributed by atoms with Crippen LogP contribution in [0.3, 0.4) is 0 Å². The fraction of sp³-hybridized carbons (Fsp3) is 0.640. The Balaban J connectivity index is 1.64. The molecule has 1 unspecified atom stereocenters. The summed E-state index contributed by atoms with van der Waals surface area (Å²) in [6, 6.07) is 4.11. The summed E-state index contributed by atoms with van der Waals surface area (Å²) in [5.74, 6) is 2.09. The smallest absolute Gasteiger partial charge is 0.306 e. The molecule has 0 radical (unpaired) electrons. The molecule has 3 atom stereocenters. The van der Waals surface area contributed by atoms with Crippen LogP contribution in [-0.4, -0.2) is 17.7 Å². The van der Waals surface area contributed by atoms with E-state index in [4.69, 9.17) is 4.74 Å². The number of rotatable bonds is 5. The SMILES string of the molecule is CC(C)(C)c1cc(CCC(=O)OCC2C[C@@H]3C=C[C@H]2C3)cc(C(C)(C)C)c1O. The van der Waals surface area contributed by atoms with E-state index in [0.29, 0.717) is 43.0 Å². The number of hydrogen-bond donors (Lipinski definition) is 1. The van der Waals surface area contributed by atoms with E-state index >= 15 is 0 Å². The summed E-state index contributed by atoms with van der Waals surface area (Å²) in [4.78, 5) is 12.3. The molecule has 3 nitrogen and oxygen atoms in total. The first-order valence-electron chi connectivity index (χ1n) is 10.7. The zero-order chi connectivity index (χ0) is 20.7. The Morgan fingerprint density at radius 1 is 1.04 bits per heavy atom. The highest BCUT2D eigenvalue weighted by atomic mass is 16.5. The van der Waals surface area contributed by atoms with Crippen molar-refractivity contribution in [2.75, 3.05) is 6.61 Å². The van der Waals surface area contributed by atoms with E-state index in [1.54, 1.807) is 0 Å². The van der Waals surface area contributed by atoms with Gasteiger partial charge in [0, 0.05) is 6.42 Å². The Morgan fingerprint density at radius 2 is 1.64 bits per heavy atom. The Kier molecular flexibility index (Phi) is 5.67. The van der Waals surface area contributed by atoms with Crippen molar-refractivity contribution in [2.24, 2.45) is 17.8 Å². The number of phenolic OH excluding ortho intramolecular Hbond substituents is 1. The van der Waals surface area contributed by atoms with Crippen LogP contribution in [0.15, 0.2) is 24.3 Å². The second kappa shape index (κ2) is 7.57. The molecule has 1 fully saturated rings. The Labute approximate surface area is 170 Å². The average Bonchev–Trinajstić information content (AvgIpc) is 3.19. The quantitative estimate of drug-likeness (QED) is 0.525. The van der Waals surface area contributed by atoms with Gasteiger partial charge in [-0.1, -0.05) is 65.8 Å². The third kappa shape index (κ3) is 4.61. The lowest BCUT2D eigenvalue weighted by Gasteiger charge is -2.28. The lowest BCUT2D eigenvalue weighted by molar-refractivity contribution is -0.145. The number of allylic oxidation sites excluding steroid dienone is 2. The van der Waals surface area contributed by atoms with Gasteiger partial charge in [-0.25, -0.2) is 0 Å². The van der Waals surface area contributed by atoms with Gasteiger partial charge in [0.25, 0.3) is 0 Å². The summed E-state index contributed by atoms with van der Waals surface area (Å²) >= 11 is 0. The average molecular weight is 385 g/mol. The number of carbonyl (C=O) groups is 1. The molecule has 2 aliphatic rings. The first-order valence-corrected chi connectivity index (χ1v) is 10.7. The monoisotopic (exact) mass is 384 g/mol. The molecule has 0 heterocycles.